The van der Waals surface area contributed by atoms with E-state index in [0.29, 0.717) is 23.3 Å². The van der Waals surface area contributed by atoms with Gasteiger partial charge in [-0.25, -0.2) is 9.59 Å². The summed E-state index contributed by atoms with van der Waals surface area (Å²) in [5, 5.41) is 3.08. The smallest absolute Gasteiger partial charge is 0.342 e. The van der Waals surface area contributed by atoms with Crippen molar-refractivity contribution in [1.82, 2.24) is 0 Å². The van der Waals surface area contributed by atoms with E-state index in [0.717, 1.165) is 0 Å². The molecule has 44 heavy (non-hydrogen) atoms. The highest BCUT2D eigenvalue weighted by atomic mass is 16.8. The number of hydrogen-bond donors (Lipinski definition) is 0. The van der Waals surface area contributed by atoms with Crippen LogP contribution in [0.5, 0.6) is 11.5 Å². The topological polar surface area (TPSA) is 133 Å². The molecule has 0 amide bonds. The van der Waals surface area contributed by atoms with Crippen LogP contribution in [0.2, 0.25) is 0 Å². The number of carbonyl (C=O) groups is 2. The lowest BCUT2D eigenvalue weighted by molar-refractivity contribution is -0.152. The molecule has 11 heteroatoms. The summed E-state index contributed by atoms with van der Waals surface area (Å²) in [5.41, 5.74) is 9.92. The van der Waals surface area contributed by atoms with Gasteiger partial charge in [0.1, 0.15) is 42.0 Å². The van der Waals surface area contributed by atoms with Crippen molar-refractivity contribution in [2.45, 2.75) is 64.3 Å². The van der Waals surface area contributed by atoms with Gasteiger partial charge in [-0.15, -0.1) is 0 Å². The summed E-state index contributed by atoms with van der Waals surface area (Å²) in [7, 11) is 1.47. The number of benzene rings is 2. The van der Waals surface area contributed by atoms with Gasteiger partial charge < -0.3 is 43.8 Å². The minimum atomic E-state index is -0.932. The molecular weight excluding hydrogens is 568 g/mol. The van der Waals surface area contributed by atoms with E-state index in [2.05, 4.69) is 5.11 Å². The lowest BCUT2D eigenvalue weighted by atomic mass is 9.98. The number of ether oxygens (including phenoxy) is 7. The molecule has 1 saturated heterocycles. The number of methoxy groups -OCH3 is 1. The first-order valence-electron chi connectivity index (χ1n) is 14.5. The van der Waals surface area contributed by atoms with Crippen LogP contribution in [0.15, 0.2) is 65.8 Å². The van der Waals surface area contributed by atoms with Gasteiger partial charge in [-0.3, -0.25) is 0 Å². The van der Waals surface area contributed by atoms with Crippen LogP contribution in [0, 0.1) is 5.92 Å². The summed E-state index contributed by atoms with van der Waals surface area (Å²) in [6.07, 6.45) is 5.14. The van der Waals surface area contributed by atoms with Crippen LogP contribution in [0.25, 0.3) is 11.6 Å². The van der Waals surface area contributed by atoms with Crippen molar-refractivity contribution in [1.29, 1.82) is 0 Å². The lowest BCUT2D eigenvalue weighted by Gasteiger charge is -2.25. The molecule has 2 heterocycles. The monoisotopic (exact) mass is 607 g/mol. The molecule has 0 bridgehead atoms. The molecule has 0 aromatic heterocycles. The number of esters is 2. The predicted molar refractivity (Wildman–Crippen MR) is 161 cm³/mol. The number of cyclic esters (lactones) is 1. The van der Waals surface area contributed by atoms with Crippen LogP contribution in [-0.4, -0.2) is 69.2 Å². The first-order valence-corrected chi connectivity index (χ1v) is 14.5. The molecule has 2 aliphatic heterocycles. The largest absolute Gasteiger partial charge is 0.712 e. The second-order valence-corrected chi connectivity index (χ2v) is 11.0. The number of hydrogen-bond acceptors (Lipinski definition) is 10. The lowest BCUT2D eigenvalue weighted by Crippen LogP contribution is -2.37. The fourth-order valence-electron chi connectivity index (χ4n) is 4.90. The van der Waals surface area contributed by atoms with E-state index in [1.54, 1.807) is 55.5 Å². The molecule has 236 valence electrons. The molecule has 5 atom stereocenters. The molecule has 0 aliphatic carbocycles. The average molecular weight is 608 g/mol. The van der Waals surface area contributed by atoms with Crippen molar-refractivity contribution in [3.05, 3.63) is 82.9 Å². The first-order chi connectivity index (χ1) is 21.1. The highest BCUT2D eigenvalue weighted by molar-refractivity contribution is 5.97. The Bertz CT molecular complexity index is 1360. The normalized spacial score (nSPS) is 26.2. The van der Waals surface area contributed by atoms with Gasteiger partial charge in [0.2, 0.25) is 0 Å². The van der Waals surface area contributed by atoms with Gasteiger partial charge in [0, 0.05) is 25.6 Å². The van der Waals surface area contributed by atoms with Crippen LogP contribution in [-0.2, 0) is 23.7 Å². The SMILES string of the molecule is COCOc1cc(OCCN=[N-])cc2c1C(=O)O[C@@H](C)[C@H](C)/C=C\C(OC(=O)c1ccccc1)C1OC(C)(C)O[C@H]1C/C=C/2. The molecule has 2 unspecified atom stereocenters. The van der Waals surface area contributed by atoms with Crippen molar-refractivity contribution in [3.8, 4) is 11.5 Å². The molecule has 0 spiro atoms. The Kier molecular flexibility index (Phi) is 11.3. The fourth-order valence-corrected chi connectivity index (χ4v) is 4.90. The second kappa shape index (κ2) is 15.1. The van der Waals surface area contributed by atoms with Gasteiger partial charge >= 0.3 is 11.9 Å². The molecule has 2 aromatic carbocycles. The number of carbonyl (C=O) groups excluding carboxylic acids is 2. The Morgan fingerprint density at radius 1 is 1.09 bits per heavy atom. The highest BCUT2D eigenvalue weighted by Gasteiger charge is 2.45. The number of nitrogens with zero attached hydrogens (tertiary/aromatic N) is 2. The van der Waals surface area contributed by atoms with E-state index < -0.39 is 42.1 Å². The molecule has 4 rings (SSSR count). The van der Waals surface area contributed by atoms with Gasteiger partial charge in [0.05, 0.1) is 11.7 Å². The van der Waals surface area contributed by atoms with E-state index in [1.807, 2.05) is 39.0 Å². The Balaban J connectivity index is 1.74. The number of rotatable bonds is 9. The zero-order chi connectivity index (χ0) is 31.7. The third-order valence-corrected chi connectivity index (χ3v) is 7.20. The third-order valence-electron chi connectivity index (χ3n) is 7.20. The fraction of sp³-hybridized carbons (Fsp3) is 0.455. The zero-order valence-corrected chi connectivity index (χ0v) is 25.6. The molecule has 0 radical (unpaired) electrons. The Morgan fingerprint density at radius 2 is 1.86 bits per heavy atom. The maximum atomic E-state index is 13.6. The van der Waals surface area contributed by atoms with Crippen LogP contribution in [0.1, 0.15) is 60.4 Å². The van der Waals surface area contributed by atoms with Crippen LogP contribution < -0.4 is 9.47 Å². The maximum Gasteiger partial charge on any atom is 0.342 e. The summed E-state index contributed by atoms with van der Waals surface area (Å²) in [5.74, 6) is -1.67. The van der Waals surface area contributed by atoms with Crippen molar-refractivity contribution < 1.29 is 42.7 Å². The Hall–Kier alpha value is -4.06. The van der Waals surface area contributed by atoms with Crippen molar-refractivity contribution in [2.24, 2.45) is 11.0 Å². The van der Waals surface area contributed by atoms with Crippen molar-refractivity contribution in [3.63, 3.8) is 0 Å². The second-order valence-electron chi connectivity index (χ2n) is 11.0. The van der Waals surface area contributed by atoms with Crippen LogP contribution >= 0.6 is 0 Å². The van der Waals surface area contributed by atoms with E-state index in [-0.39, 0.29) is 37.2 Å². The van der Waals surface area contributed by atoms with E-state index in [1.165, 1.54) is 7.11 Å². The minimum Gasteiger partial charge on any atom is -0.712 e. The quantitative estimate of drug-likeness (QED) is 0.111. The molecule has 1 fully saturated rings. The Labute approximate surface area is 257 Å². The molecule has 0 saturated carbocycles. The molecule has 11 nitrogen and oxygen atoms in total. The summed E-state index contributed by atoms with van der Waals surface area (Å²) >= 11 is 0. The summed E-state index contributed by atoms with van der Waals surface area (Å²) in [6.45, 7) is 7.37. The zero-order valence-electron chi connectivity index (χ0n) is 25.6. The van der Waals surface area contributed by atoms with Crippen LogP contribution in [0.3, 0.4) is 0 Å². The van der Waals surface area contributed by atoms with Crippen molar-refractivity contribution >= 4 is 18.0 Å². The third kappa shape index (κ3) is 8.52. The Morgan fingerprint density at radius 3 is 2.59 bits per heavy atom. The number of fused-ring (bicyclic) bond motifs is 2. The highest BCUT2D eigenvalue weighted by Crippen LogP contribution is 2.36. The molecule has 0 N–H and O–H groups in total. The van der Waals surface area contributed by atoms with Crippen molar-refractivity contribution in [2.75, 3.05) is 27.1 Å². The summed E-state index contributed by atoms with van der Waals surface area (Å²) in [6, 6.07) is 12.0. The van der Waals surface area contributed by atoms with Crippen LogP contribution in [0.4, 0.5) is 0 Å². The van der Waals surface area contributed by atoms with Gasteiger partial charge in [-0.05, 0) is 57.0 Å². The van der Waals surface area contributed by atoms with E-state index in [4.69, 9.17) is 38.7 Å². The first kappa shape index (κ1) is 32.8. The average Bonchev–Trinajstić information content (AvgIpc) is 3.31. The standard InChI is InChI=1S/C33H39N2O9/c1-21-14-15-26(42-31(36)23-10-7-6-8-11-23)30-27(43-33(3,4)44-30)13-9-12-24-18-25(39-17-16-35-34)19-28(40-20-38-5)29(24)32(37)41-22(21)2/h6-12,14-15,18-19,21-22,26-27,30H,13,16-17,20H2,1-5H3/q-1/b12-9+,15-14-/t21-,22+,26?,27+,30?/m1/s1. The maximum absolute atomic E-state index is 13.6. The van der Waals surface area contributed by atoms with Gasteiger partial charge in [0.25, 0.3) is 0 Å². The van der Waals surface area contributed by atoms with Gasteiger partial charge in [0.15, 0.2) is 12.6 Å². The predicted octanol–water partition coefficient (Wildman–Crippen LogP) is 5.97. The van der Waals surface area contributed by atoms with E-state index in [9.17, 15) is 9.59 Å². The molecule has 2 aliphatic rings. The summed E-state index contributed by atoms with van der Waals surface area (Å²) < 4.78 is 41.0. The van der Waals surface area contributed by atoms with E-state index >= 15 is 0 Å². The molecular formula is C33H39N2O9-. The van der Waals surface area contributed by atoms with Gasteiger partial charge in [-0.2, -0.15) is 0 Å². The minimum absolute atomic E-state index is 0.0678. The summed E-state index contributed by atoms with van der Waals surface area (Å²) in [4.78, 5) is 26.7. The van der Waals surface area contributed by atoms with Gasteiger partial charge in [-0.1, -0.05) is 43.4 Å². The molecule has 2 aromatic rings.